The van der Waals surface area contributed by atoms with Crippen molar-refractivity contribution in [2.75, 3.05) is 11.4 Å². The van der Waals surface area contributed by atoms with Gasteiger partial charge in [0.05, 0.1) is 6.54 Å². The van der Waals surface area contributed by atoms with Gasteiger partial charge >= 0.3 is 4.87 Å². The fraction of sp³-hybridized carbons (Fsp3) is 0.353. The van der Waals surface area contributed by atoms with Crippen LogP contribution in [0.1, 0.15) is 36.9 Å². The smallest absolute Gasteiger partial charge is 0.304 e. The lowest BCUT2D eigenvalue weighted by molar-refractivity contribution is -0.121. The molecule has 0 bridgehead atoms. The maximum atomic E-state index is 12.0. The summed E-state index contributed by atoms with van der Waals surface area (Å²) in [6, 6.07) is 7.86. The molecule has 0 saturated heterocycles. The number of amides is 2. The van der Waals surface area contributed by atoms with Gasteiger partial charge < -0.3 is 15.2 Å². The van der Waals surface area contributed by atoms with Gasteiger partial charge in [-0.05, 0) is 18.1 Å². The van der Waals surface area contributed by atoms with E-state index in [0.717, 1.165) is 22.6 Å². The highest BCUT2D eigenvalue weighted by Gasteiger charge is 2.30. The van der Waals surface area contributed by atoms with Gasteiger partial charge in [0.15, 0.2) is 0 Å². The number of nitrogens with one attached hydrogen (secondary N) is 2. The summed E-state index contributed by atoms with van der Waals surface area (Å²) in [5.74, 6) is 0.147. The number of carbonyl (C=O) groups is 2. The van der Waals surface area contributed by atoms with E-state index < -0.39 is 0 Å². The summed E-state index contributed by atoms with van der Waals surface area (Å²) in [4.78, 5) is 39.2. The number of aromatic nitrogens is 1. The normalized spacial score (nSPS) is 16.0. The number of anilines is 1. The molecule has 0 spiro atoms. The van der Waals surface area contributed by atoms with E-state index in [4.69, 9.17) is 0 Å². The summed E-state index contributed by atoms with van der Waals surface area (Å²) in [5.41, 5.74) is 2.79. The molecular formula is C17H19N3O3S. The van der Waals surface area contributed by atoms with Crippen LogP contribution in [0.3, 0.4) is 0 Å². The van der Waals surface area contributed by atoms with Crippen LogP contribution in [0.15, 0.2) is 34.4 Å². The zero-order valence-electron chi connectivity index (χ0n) is 13.4. The molecule has 2 heterocycles. The lowest BCUT2D eigenvalue weighted by Crippen LogP contribution is -2.28. The highest BCUT2D eigenvalue weighted by Crippen LogP contribution is 2.38. The molecule has 2 amide bonds. The van der Waals surface area contributed by atoms with Crippen LogP contribution in [-0.4, -0.2) is 23.3 Å². The maximum absolute atomic E-state index is 12.0. The second-order valence-electron chi connectivity index (χ2n) is 5.87. The first-order valence-corrected chi connectivity index (χ1v) is 8.73. The molecule has 1 aliphatic heterocycles. The van der Waals surface area contributed by atoms with Crippen molar-refractivity contribution in [1.29, 1.82) is 0 Å². The number of hydrogen-bond donors (Lipinski definition) is 2. The van der Waals surface area contributed by atoms with Gasteiger partial charge in [-0.25, -0.2) is 0 Å². The van der Waals surface area contributed by atoms with E-state index in [0.29, 0.717) is 31.6 Å². The molecule has 126 valence electrons. The van der Waals surface area contributed by atoms with Crippen LogP contribution in [-0.2, 0) is 16.1 Å². The summed E-state index contributed by atoms with van der Waals surface area (Å²) in [5, 5.41) is 4.52. The van der Waals surface area contributed by atoms with Crippen LogP contribution < -0.4 is 15.1 Å². The summed E-state index contributed by atoms with van der Waals surface area (Å²) < 4.78 is 0. The predicted molar refractivity (Wildman–Crippen MR) is 93.2 cm³/mol. The molecule has 0 fully saturated rings. The Labute approximate surface area is 143 Å². The largest absolute Gasteiger partial charge is 0.351 e. The van der Waals surface area contributed by atoms with Gasteiger partial charge in [-0.3, -0.25) is 14.4 Å². The van der Waals surface area contributed by atoms with Crippen molar-refractivity contribution in [2.24, 2.45) is 0 Å². The number of fused-ring (bicyclic) bond motifs is 1. The van der Waals surface area contributed by atoms with Crippen molar-refractivity contribution in [1.82, 2.24) is 10.3 Å². The highest BCUT2D eigenvalue weighted by molar-refractivity contribution is 7.07. The van der Waals surface area contributed by atoms with E-state index in [-0.39, 0.29) is 22.6 Å². The van der Waals surface area contributed by atoms with Gasteiger partial charge in [-0.1, -0.05) is 29.5 Å². The lowest BCUT2D eigenvalue weighted by atomic mass is 9.96. The number of nitrogens with zero attached hydrogens (tertiary/aromatic N) is 1. The summed E-state index contributed by atoms with van der Waals surface area (Å²) in [7, 11) is 0. The first-order chi connectivity index (χ1) is 11.5. The topological polar surface area (TPSA) is 82.3 Å². The minimum Gasteiger partial charge on any atom is -0.351 e. The average molecular weight is 345 g/mol. The molecule has 1 aliphatic rings. The Balaban J connectivity index is 1.56. The first-order valence-electron chi connectivity index (χ1n) is 7.85. The molecule has 6 nitrogen and oxygen atoms in total. The van der Waals surface area contributed by atoms with Crippen molar-refractivity contribution in [3.63, 3.8) is 0 Å². The zero-order chi connectivity index (χ0) is 17.1. The van der Waals surface area contributed by atoms with E-state index in [2.05, 4.69) is 10.3 Å². The number of rotatable bonds is 5. The third-order valence-corrected chi connectivity index (χ3v) is 4.94. The Kier molecular flexibility index (Phi) is 4.80. The summed E-state index contributed by atoms with van der Waals surface area (Å²) >= 11 is 1.09. The quantitative estimate of drug-likeness (QED) is 0.869. The minimum atomic E-state index is -0.119. The molecule has 7 heteroatoms. The molecule has 0 unspecified atom stereocenters. The standard InChI is InChI=1S/C17H19N3O3S/c1-11(21)20-9-12(14-4-2-3-5-15(14)20)6-7-16(22)18-8-13-10-24-17(23)19-13/h2-5,10,12H,6-9H2,1H3,(H,18,22)(H,19,23)/t12-/m0/s1. The van der Waals surface area contributed by atoms with Gasteiger partial charge in [0, 0.05) is 42.6 Å². The van der Waals surface area contributed by atoms with Crippen molar-refractivity contribution >= 4 is 28.8 Å². The highest BCUT2D eigenvalue weighted by atomic mass is 32.1. The molecule has 2 aromatic rings. The monoisotopic (exact) mass is 345 g/mol. The van der Waals surface area contributed by atoms with Crippen LogP contribution >= 0.6 is 11.3 Å². The summed E-state index contributed by atoms with van der Waals surface area (Å²) in [6.07, 6.45) is 1.08. The van der Waals surface area contributed by atoms with Gasteiger partial charge in [0.1, 0.15) is 0 Å². The zero-order valence-corrected chi connectivity index (χ0v) is 14.2. The van der Waals surface area contributed by atoms with Gasteiger partial charge in [0.25, 0.3) is 0 Å². The van der Waals surface area contributed by atoms with Gasteiger partial charge in [-0.2, -0.15) is 0 Å². The molecule has 3 rings (SSSR count). The van der Waals surface area contributed by atoms with Gasteiger partial charge in [-0.15, -0.1) is 0 Å². The molecule has 1 atom stereocenters. The predicted octanol–water partition coefficient (Wildman–Crippen LogP) is 1.98. The maximum Gasteiger partial charge on any atom is 0.304 e. The number of hydrogen-bond acceptors (Lipinski definition) is 4. The van der Waals surface area contributed by atoms with Crippen LogP contribution in [0.5, 0.6) is 0 Å². The van der Waals surface area contributed by atoms with Crippen LogP contribution in [0, 0.1) is 0 Å². The Hall–Kier alpha value is -2.41. The molecule has 24 heavy (non-hydrogen) atoms. The van der Waals surface area contributed by atoms with Crippen LogP contribution in [0.2, 0.25) is 0 Å². The van der Waals surface area contributed by atoms with Crippen LogP contribution in [0.4, 0.5) is 5.69 Å². The fourth-order valence-corrected chi connectivity index (χ4v) is 3.61. The first kappa shape index (κ1) is 16.4. The molecule has 0 radical (unpaired) electrons. The van der Waals surface area contributed by atoms with E-state index in [1.165, 1.54) is 0 Å². The molecule has 0 aliphatic carbocycles. The molecule has 1 aromatic heterocycles. The molecule has 0 saturated carbocycles. The Bertz CT molecular complexity index is 811. The van der Waals surface area contributed by atoms with Crippen LogP contribution in [0.25, 0.3) is 0 Å². The second-order valence-corrected chi connectivity index (χ2v) is 6.72. The number of aromatic amines is 1. The van der Waals surface area contributed by atoms with Crippen molar-refractivity contribution < 1.29 is 9.59 Å². The van der Waals surface area contributed by atoms with Crippen molar-refractivity contribution in [2.45, 2.75) is 32.2 Å². The molecular weight excluding hydrogens is 326 g/mol. The third kappa shape index (κ3) is 3.56. The van der Waals surface area contributed by atoms with E-state index in [9.17, 15) is 14.4 Å². The fourth-order valence-electron chi connectivity index (χ4n) is 3.03. The number of benzene rings is 1. The number of carbonyl (C=O) groups excluding carboxylic acids is 2. The molecule has 2 N–H and O–H groups in total. The minimum absolute atomic E-state index is 0.0239. The number of para-hydroxylation sites is 1. The Morgan fingerprint density at radius 1 is 1.38 bits per heavy atom. The van der Waals surface area contributed by atoms with E-state index >= 15 is 0 Å². The SMILES string of the molecule is CC(=O)N1C[C@H](CCC(=O)NCc2csc(=O)[nH]2)c2ccccc21. The molecule has 1 aromatic carbocycles. The average Bonchev–Trinajstić information content (AvgIpc) is 3.14. The Morgan fingerprint density at radius 3 is 2.88 bits per heavy atom. The van der Waals surface area contributed by atoms with E-state index in [1.807, 2.05) is 24.3 Å². The summed E-state index contributed by atoms with van der Waals surface area (Å²) in [6.45, 7) is 2.52. The van der Waals surface area contributed by atoms with E-state index in [1.54, 1.807) is 17.2 Å². The second kappa shape index (κ2) is 7.00. The lowest BCUT2D eigenvalue weighted by Gasteiger charge is -2.15. The van der Waals surface area contributed by atoms with Gasteiger partial charge in [0.2, 0.25) is 11.8 Å². The number of H-pyrrole nitrogens is 1. The third-order valence-electron chi connectivity index (χ3n) is 4.22. The Morgan fingerprint density at radius 2 is 2.17 bits per heavy atom. The van der Waals surface area contributed by atoms with Crippen molar-refractivity contribution in [3.8, 4) is 0 Å². The van der Waals surface area contributed by atoms with Crippen molar-refractivity contribution in [3.05, 3.63) is 50.6 Å². The number of thiazole rings is 1.